The number of nitrogens with zero attached hydrogens (tertiary/aromatic N) is 4. The molecule has 0 aromatic rings. The Hall–Kier alpha value is -2.38. The van der Waals surface area contributed by atoms with Crippen LogP contribution < -0.4 is 0 Å². The summed E-state index contributed by atoms with van der Waals surface area (Å²) in [5, 5.41) is 5.97. The first-order chi connectivity index (χ1) is 7.09. The molecule has 0 spiro atoms. The Morgan fingerprint density at radius 1 is 0.867 bits per heavy atom. The first-order valence-electron chi connectivity index (χ1n) is 3.90. The molecule has 0 saturated carbocycles. The predicted molar refractivity (Wildman–Crippen MR) is 43.3 cm³/mol. The second-order valence-corrected chi connectivity index (χ2v) is 2.77. The fraction of sp³-hybridized carbons (Fsp3) is 0.143. The molecule has 2 heterocycles. The largest absolute Gasteiger partial charge is 0.372 e. The van der Waals surface area contributed by atoms with Crippen LogP contribution in [0.3, 0.4) is 0 Å². The summed E-state index contributed by atoms with van der Waals surface area (Å²) in [7, 11) is 0. The van der Waals surface area contributed by atoms with E-state index in [-0.39, 0.29) is 0 Å². The maximum absolute atomic E-state index is 11.1. The van der Waals surface area contributed by atoms with E-state index in [1.54, 1.807) is 0 Å². The molecule has 6 amide bonds. The third-order valence-corrected chi connectivity index (χ3v) is 1.87. The Morgan fingerprint density at radius 3 is 1.80 bits per heavy atom. The minimum absolute atomic E-state index is 0.449. The lowest BCUT2D eigenvalue weighted by Crippen LogP contribution is -2.43. The molecule has 0 unspecified atom stereocenters. The third-order valence-electron chi connectivity index (χ3n) is 1.87. The van der Waals surface area contributed by atoms with Crippen LogP contribution >= 0.6 is 0 Å². The van der Waals surface area contributed by atoms with Crippen LogP contribution in [0.5, 0.6) is 0 Å². The van der Waals surface area contributed by atoms with Gasteiger partial charge in [-0.15, -0.1) is 0 Å². The van der Waals surface area contributed by atoms with Gasteiger partial charge in [0, 0.05) is 12.2 Å². The molecular formula is C7H4N4O4. The van der Waals surface area contributed by atoms with Gasteiger partial charge in [-0.25, -0.2) is 14.5 Å². The quantitative estimate of drug-likeness (QED) is 0.590. The van der Waals surface area contributed by atoms with Crippen molar-refractivity contribution < 1.29 is 19.2 Å². The maximum Gasteiger partial charge on any atom is 0.372 e. The van der Waals surface area contributed by atoms with Crippen LogP contribution in [0.15, 0.2) is 22.4 Å². The van der Waals surface area contributed by atoms with E-state index in [0.29, 0.717) is 4.90 Å². The van der Waals surface area contributed by atoms with Gasteiger partial charge in [0.1, 0.15) is 6.67 Å². The molecule has 8 heteroatoms. The molecule has 0 radical (unpaired) electrons. The third kappa shape index (κ3) is 1.41. The van der Waals surface area contributed by atoms with Crippen molar-refractivity contribution >= 4 is 23.9 Å². The van der Waals surface area contributed by atoms with E-state index in [1.807, 2.05) is 0 Å². The lowest BCUT2D eigenvalue weighted by molar-refractivity contribution is -0.137. The topological polar surface area (TPSA) is 99.5 Å². The zero-order valence-corrected chi connectivity index (χ0v) is 7.28. The van der Waals surface area contributed by atoms with Gasteiger partial charge in [-0.2, -0.15) is 0 Å². The van der Waals surface area contributed by atoms with Gasteiger partial charge >= 0.3 is 12.1 Å². The molecule has 0 bridgehead atoms. The number of carbonyl (C=O) groups excluding carboxylic acids is 4. The molecule has 2 rings (SSSR count). The average molecular weight is 208 g/mol. The predicted octanol–water partition coefficient (Wildman–Crippen LogP) is -0.123. The molecule has 0 aliphatic carbocycles. The van der Waals surface area contributed by atoms with Gasteiger partial charge in [0.15, 0.2) is 0 Å². The summed E-state index contributed by atoms with van der Waals surface area (Å²) in [6.45, 7) is -0.449. The summed E-state index contributed by atoms with van der Waals surface area (Å²) in [4.78, 5) is 45.5. The fourth-order valence-electron chi connectivity index (χ4n) is 1.11. The molecule has 0 aromatic carbocycles. The van der Waals surface area contributed by atoms with Crippen LogP contribution in [0.2, 0.25) is 0 Å². The second kappa shape index (κ2) is 3.08. The van der Waals surface area contributed by atoms with Crippen molar-refractivity contribution in [3.05, 3.63) is 12.2 Å². The summed E-state index contributed by atoms with van der Waals surface area (Å²) >= 11 is 0. The normalized spacial score (nSPS) is 20.0. The van der Waals surface area contributed by atoms with E-state index < -0.39 is 30.5 Å². The Morgan fingerprint density at radius 2 is 1.33 bits per heavy atom. The minimum atomic E-state index is -0.882. The molecule has 0 atom stereocenters. The van der Waals surface area contributed by atoms with E-state index in [1.165, 1.54) is 0 Å². The molecule has 15 heavy (non-hydrogen) atoms. The van der Waals surface area contributed by atoms with Gasteiger partial charge in [-0.1, -0.05) is 10.2 Å². The number of hydrogen-bond donors (Lipinski definition) is 0. The summed E-state index contributed by atoms with van der Waals surface area (Å²) in [5.41, 5.74) is 0. The zero-order chi connectivity index (χ0) is 11.0. The second-order valence-electron chi connectivity index (χ2n) is 2.77. The lowest BCUT2D eigenvalue weighted by atomic mass is 10.6. The summed E-state index contributed by atoms with van der Waals surface area (Å²) in [6, 6.07) is -1.76. The number of carbonyl (C=O) groups is 4. The van der Waals surface area contributed by atoms with Crippen LogP contribution in [0.25, 0.3) is 0 Å². The highest BCUT2D eigenvalue weighted by Gasteiger charge is 2.33. The van der Waals surface area contributed by atoms with E-state index in [0.717, 1.165) is 17.1 Å². The van der Waals surface area contributed by atoms with Crippen LogP contribution in [0.4, 0.5) is 9.59 Å². The fourth-order valence-corrected chi connectivity index (χ4v) is 1.11. The van der Waals surface area contributed by atoms with Crippen molar-refractivity contribution in [1.29, 1.82) is 0 Å². The summed E-state index contributed by atoms with van der Waals surface area (Å²) in [5.74, 6) is -1.15. The van der Waals surface area contributed by atoms with Gasteiger partial charge in [0.2, 0.25) is 0 Å². The Kier molecular flexibility index (Phi) is 1.89. The number of hydrogen-bond acceptors (Lipinski definition) is 4. The average Bonchev–Trinajstić information content (AvgIpc) is 2.67. The molecule has 76 valence electrons. The van der Waals surface area contributed by atoms with Gasteiger partial charge < -0.3 is 0 Å². The van der Waals surface area contributed by atoms with E-state index >= 15 is 0 Å². The van der Waals surface area contributed by atoms with Crippen LogP contribution in [0.1, 0.15) is 0 Å². The molecule has 0 saturated heterocycles. The Bertz CT molecular complexity index is 362. The Labute approximate surface area is 82.8 Å². The monoisotopic (exact) mass is 208 g/mol. The van der Waals surface area contributed by atoms with Crippen LogP contribution in [-0.2, 0) is 9.59 Å². The van der Waals surface area contributed by atoms with Crippen molar-refractivity contribution in [2.45, 2.75) is 0 Å². The molecule has 0 N–H and O–H groups in total. The summed E-state index contributed by atoms with van der Waals surface area (Å²) < 4.78 is 0. The number of amides is 6. The van der Waals surface area contributed by atoms with Gasteiger partial charge in [-0.05, 0) is 0 Å². The number of urea groups is 2. The molecular weight excluding hydrogens is 204 g/mol. The molecule has 8 nitrogen and oxygen atoms in total. The Balaban J connectivity index is 2.10. The number of imide groups is 2. The van der Waals surface area contributed by atoms with E-state index in [9.17, 15) is 19.2 Å². The molecule has 0 aromatic heterocycles. The van der Waals surface area contributed by atoms with Crippen molar-refractivity contribution in [1.82, 2.24) is 9.80 Å². The van der Waals surface area contributed by atoms with Crippen molar-refractivity contribution in [3.63, 3.8) is 0 Å². The highest BCUT2D eigenvalue weighted by Crippen LogP contribution is 2.11. The minimum Gasteiger partial charge on any atom is -0.269 e. The molecule has 2 aliphatic heterocycles. The van der Waals surface area contributed by atoms with Gasteiger partial charge in [0.25, 0.3) is 11.8 Å². The molecule has 0 fully saturated rings. The number of azo groups is 1. The SMILES string of the molecule is O=C1C=CC(=O)N1CN1C(=O)N=NC1=O. The van der Waals surface area contributed by atoms with E-state index in [4.69, 9.17) is 0 Å². The van der Waals surface area contributed by atoms with Gasteiger partial charge in [-0.3, -0.25) is 14.5 Å². The first kappa shape index (κ1) is 9.19. The summed E-state index contributed by atoms with van der Waals surface area (Å²) in [6.07, 6.45) is 2.11. The van der Waals surface area contributed by atoms with E-state index in [2.05, 4.69) is 10.2 Å². The van der Waals surface area contributed by atoms with Crippen molar-refractivity contribution in [3.8, 4) is 0 Å². The lowest BCUT2D eigenvalue weighted by Gasteiger charge is -2.18. The van der Waals surface area contributed by atoms with Gasteiger partial charge in [0.05, 0.1) is 0 Å². The van der Waals surface area contributed by atoms with Crippen LogP contribution in [0, 0.1) is 0 Å². The van der Waals surface area contributed by atoms with Crippen molar-refractivity contribution in [2.75, 3.05) is 6.67 Å². The number of rotatable bonds is 2. The molecule has 2 aliphatic rings. The highest BCUT2D eigenvalue weighted by atomic mass is 16.2. The standard InChI is InChI=1S/C7H4N4O4/c12-4-1-2-5(13)10(4)3-11-6(14)8-9-7(11)15/h1-2H,3H2. The zero-order valence-electron chi connectivity index (χ0n) is 7.28. The van der Waals surface area contributed by atoms with Crippen LogP contribution in [-0.4, -0.2) is 40.3 Å². The maximum atomic E-state index is 11.1. The first-order valence-corrected chi connectivity index (χ1v) is 3.90. The highest BCUT2D eigenvalue weighted by molar-refractivity contribution is 6.13. The van der Waals surface area contributed by atoms with Crippen molar-refractivity contribution in [2.24, 2.45) is 10.2 Å². The smallest absolute Gasteiger partial charge is 0.269 e.